The van der Waals surface area contributed by atoms with Crippen LogP contribution in [0.1, 0.15) is 42.6 Å². The molecule has 2 aromatic heterocycles. The van der Waals surface area contributed by atoms with E-state index in [1.165, 1.54) is 15.2 Å². The minimum absolute atomic E-state index is 0.0224. The van der Waals surface area contributed by atoms with Crippen LogP contribution in [0.3, 0.4) is 0 Å². The third-order valence-corrected chi connectivity index (χ3v) is 5.93. The number of aromatic hydroxyl groups is 1. The molecule has 2 aliphatic rings. The average molecular weight is 461 g/mol. The van der Waals surface area contributed by atoms with E-state index in [9.17, 15) is 19.5 Å². The smallest absolute Gasteiger partial charge is 0.378 e. The molecular weight excluding hydrogens is 430 g/mol. The zero-order chi connectivity index (χ0) is 23.8. The Kier molecular flexibility index (Phi) is 6.26. The Balaban J connectivity index is 1.79. The Labute approximate surface area is 190 Å². The lowest BCUT2D eigenvalue weighted by atomic mass is 10.1. The molecule has 0 radical (unpaired) electrons. The second kappa shape index (κ2) is 8.99. The highest BCUT2D eigenvalue weighted by atomic mass is 16.5. The SMILES string of the molecule is COC(C)(C)C[n+]1c(O)c(C(=O)NC2CC2)c(=O)n2[nH]cc(/C=C/C(=O)N3CCOCC3)c21. The lowest BCUT2D eigenvalue weighted by Crippen LogP contribution is -2.50. The summed E-state index contributed by atoms with van der Waals surface area (Å²) in [5, 5.41) is 16.7. The van der Waals surface area contributed by atoms with E-state index in [4.69, 9.17) is 9.47 Å². The number of carbonyl (C=O) groups excluding carboxylic acids is 2. The lowest BCUT2D eigenvalue weighted by Gasteiger charge is -2.25. The quantitative estimate of drug-likeness (QED) is 0.388. The normalized spacial score (nSPS) is 17.1. The van der Waals surface area contributed by atoms with Gasteiger partial charge in [-0.1, -0.05) is 4.52 Å². The number of aromatic amines is 1. The number of aromatic nitrogens is 3. The molecule has 3 N–H and O–H groups in total. The Morgan fingerprint density at radius 3 is 2.70 bits per heavy atom. The number of hydrogen-bond acceptors (Lipinski definition) is 6. The standard InChI is InChI=1S/C22H29N5O6/c1-22(2,32-3)13-26-19-14(4-7-16(28)25-8-10-33-11-9-25)12-23-27(19)21(31)17(20(26)30)18(29)24-15-5-6-15/h4,7,12,15H,5-6,8-11,13H2,1-3H3,(H2,24,29,30,31)/p+1/b7-4+. The van der Waals surface area contributed by atoms with Crippen LogP contribution in [0.25, 0.3) is 11.7 Å². The second-order valence-electron chi connectivity index (χ2n) is 8.96. The number of fused-ring (bicyclic) bond motifs is 1. The first-order valence-electron chi connectivity index (χ1n) is 11.0. The number of rotatable bonds is 7. The molecule has 3 heterocycles. The molecule has 2 aromatic rings. The topological polar surface area (TPSA) is 129 Å². The van der Waals surface area contributed by atoms with Crippen LogP contribution in [-0.4, -0.2) is 76.5 Å². The third kappa shape index (κ3) is 4.79. The van der Waals surface area contributed by atoms with Gasteiger partial charge < -0.3 is 24.8 Å². The van der Waals surface area contributed by atoms with Gasteiger partial charge in [0.25, 0.3) is 5.91 Å². The molecule has 0 bridgehead atoms. The molecule has 11 heteroatoms. The number of nitrogens with one attached hydrogen (secondary N) is 2. The van der Waals surface area contributed by atoms with E-state index in [1.807, 2.05) is 13.8 Å². The van der Waals surface area contributed by atoms with Crippen molar-refractivity contribution in [1.29, 1.82) is 0 Å². The summed E-state index contributed by atoms with van der Waals surface area (Å²) in [6, 6.07) is 0.0224. The van der Waals surface area contributed by atoms with E-state index < -0.39 is 22.9 Å². The number of ether oxygens (including phenoxy) is 2. The largest absolute Gasteiger partial charge is 0.477 e. The highest BCUT2D eigenvalue weighted by Crippen LogP contribution is 2.21. The fourth-order valence-electron chi connectivity index (χ4n) is 3.71. The fourth-order valence-corrected chi connectivity index (χ4v) is 3.71. The number of carbonyl (C=O) groups is 2. The van der Waals surface area contributed by atoms with Crippen LogP contribution in [-0.2, 0) is 20.8 Å². The molecular formula is C22H30N5O6+. The number of nitrogens with zero attached hydrogens (tertiary/aromatic N) is 3. The molecule has 4 rings (SSSR count). The lowest BCUT2D eigenvalue weighted by molar-refractivity contribution is -0.694. The van der Waals surface area contributed by atoms with Gasteiger partial charge in [0.15, 0.2) is 0 Å². The van der Waals surface area contributed by atoms with E-state index in [0.29, 0.717) is 37.5 Å². The minimum atomic E-state index is -0.716. The predicted octanol–water partition coefficient (Wildman–Crippen LogP) is -0.190. The van der Waals surface area contributed by atoms with Gasteiger partial charge in [-0.3, -0.25) is 9.59 Å². The van der Waals surface area contributed by atoms with Crippen molar-refractivity contribution in [2.24, 2.45) is 0 Å². The number of morpholine rings is 1. The summed E-state index contributed by atoms with van der Waals surface area (Å²) in [5.74, 6) is -1.24. The van der Waals surface area contributed by atoms with Gasteiger partial charge in [-0.05, 0) is 32.8 Å². The van der Waals surface area contributed by atoms with E-state index in [-0.39, 0.29) is 24.1 Å². The van der Waals surface area contributed by atoms with Crippen molar-refractivity contribution in [3.8, 4) is 5.88 Å². The van der Waals surface area contributed by atoms with Crippen molar-refractivity contribution in [3.63, 3.8) is 0 Å². The predicted molar refractivity (Wildman–Crippen MR) is 118 cm³/mol. The third-order valence-electron chi connectivity index (χ3n) is 5.93. The molecule has 1 saturated carbocycles. The molecule has 1 aliphatic carbocycles. The molecule has 11 nitrogen and oxygen atoms in total. The molecule has 0 unspecified atom stereocenters. The monoisotopic (exact) mass is 460 g/mol. The van der Waals surface area contributed by atoms with Gasteiger partial charge >= 0.3 is 17.1 Å². The molecule has 2 fully saturated rings. The van der Waals surface area contributed by atoms with Crippen molar-refractivity contribution >= 4 is 23.5 Å². The molecule has 0 atom stereocenters. The summed E-state index contributed by atoms with van der Waals surface area (Å²) in [5.41, 5.74) is -0.910. The molecule has 1 aliphatic heterocycles. The molecule has 0 aromatic carbocycles. The summed E-state index contributed by atoms with van der Waals surface area (Å²) in [6.07, 6.45) is 6.26. The first-order chi connectivity index (χ1) is 15.7. The van der Waals surface area contributed by atoms with Gasteiger partial charge in [-0.25, -0.2) is 9.89 Å². The summed E-state index contributed by atoms with van der Waals surface area (Å²) in [4.78, 5) is 40.1. The van der Waals surface area contributed by atoms with E-state index in [0.717, 1.165) is 12.8 Å². The summed E-state index contributed by atoms with van der Waals surface area (Å²) in [7, 11) is 1.55. The number of H-pyrrole nitrogens is 1. The Morgan fingerprint density at radius 1 is 1.36 bits per heavy atom. The number of amides is 2. The van der Waals surface area contributed by atoms with E-state index in [1.54, 1.807) is 24.3 Å². The van der Waals surface area contributed by atoms with Crippen molar-refractivity contribution in [3.05, 3.63) is 33.8 Å². The Hall–Kier alpha value is -3.18. The fraction of sp³-hybridized carbons (Fsp3) is 0.545. The Morgan fingerprint density at radius 2 is 2.06 bits per heavy atom. The van der Waals surface area contributed by atoms with Crippen LogP contribution in [0.5, 0.6) is 5.88 Å². The summed E-state index contributed by atoms with van der Waals surface area (Å²) >= 11 is 0. The van der Waals surface area contributed by atoms with Crippen molar-refractivity contribution in [2.45, 2.75) is 44.9 Å². The summed E-state index contributed by atoms with van der Waals surface area (Å²) < 4.78 is 13.5. The molecule has 1 saturated heterocycles. The highest BCUT2D eigenvalue weighted by Gasteiger charge is 2.36. The minimum Gasteiger partial charge on any atom is -0.477 e. The van der Waals surface area contributed by atoms with Gasteiger partial charge in [0, 0.05) is 32.3 Å². The van der Waals surface area contributed by atoms with E-state index >= 15 is 0 Å². The van der Waals surface area contributed by atoms with Crippen LogP contribution in [0.15, 0.2) is 17.1 Å². The number of methoxy groups -OCH3 is 1. The van der Waals surface area contributed by atoms with Gasteiger partial charge in [0.2, 0.25) is 11.5 Å². The van der Waals surface area contributed by atoms with Gasteiger partial charge in [-0.15, -0.1) is 0 Å². The van der Waals surface area contributed by atoms with Crippen molar-refractivity contribution < 1.29 is 28.7 Å². The maximum absolute atomic E-state index is 13.1. The zero-order valence-corrected chi connectivity index (χ0v) is 19.1. The molecule has 178 valence electrons. The summed E-state index contributed by atoms with van der Waals surface area (Å²) in [6.45, 7) is 5.82. The molecule has 33 heavy (non-hydrogen) atoms. The maximum Gasteiger partial charge on any atom is 0.378 e. The van der Waals surface area contributed by atoms with Gasteiger partial charge in [-0.2, -0.15) is 4.57 Å². The van der Waals surface area contributed by atoms with Gasteiger partial charge in [0.1, 0.15) is 6.54 Å². The van der Waals surface area contributed by atoms with E-state index in [2.05, 4.69) is 10.4 Å². The van der Waals surface area contributed by atoms with Gasteiger partial charge in [0.05, 0.1) is 30.6 Å². The Bertz CT molecular complexity index is 1150. The molecule has 2 amide bonds. The average Bonchev–Trinajstić information content (AvgIpc) is 3.51. The first-order valence-corrected chi connectivity index (χ1v) is 11.0. The highest BCUT2D eigenvalue weighted by molar-refractivity contribution is 5.96. The van der Waals surface area contributed by atoms with Crippen LogP contribution >= 0.6 is 0 Å². The second-order valence-corrected chi connectivity index (χ2v) is 8.96. The van der Waals surface area contributed by atoms with Crippen molar-refractivity contribution in [1.82, 2.24) is 19.8 Å². The maximum atomic E-state index is 13.1. The first kappa shape index (κ1) is 23.0. The van der Waals surface area contributed by atoms with Crippen LogP contribution in [0.2, 0.25) is 0 Å². The zero-order valence-electron chi connectivity index (χ0n) is 19.1. The molecule has 0 spiro atoms. The van der Waals surface area contributed by atoms with Crippen LogP contribution in [0, 0.1) is 0 Å². The van der Waals surface area contributed by atoms with Crippen molar-refractivity contribution in [2.75, 3.05) is 33.4 Å². The van der Waals surface area contributed by atoms with Crippen LogP contribution < -0.4 is 15.4 Å². The van der Waals surface area contributed by atoms with Crippen LogP contribution in [0.4, 0.5) is 0 Å². The number of hydrogen-bond donors (Lipinski definition) is 3.